The SMILES string of the molecule is C=CCn1c(CNc2ccccc2)nnc1SCCC(=O)Nc1ccc2c(c1)C(=O)NC2=O. The minimum atomic E-state index is -0.458. The van der Waals surface area contributed by atoms with Crippen LogP contribution in [0.2, 0.25) is 0 Å². The van der Waals surface area contributed by atoms with Crippen molar-refractivity contribution in [2.24, 2.45) is 0 Å². The van der Waals surface area contributed by atoms with Gasteiger partial charge in [-0.25, -0.2) is 0 Å². The average molecular weight is 463 g/mol. The lowest BCUT2D eigenvalue weighted by Crippen LogP contribution is -2.19. The summed E-state index contributed by atoms with van der Waals surface area (Å²) in [7, 11) is 0. The molecule has 0 aliphatic carbocycles. The van der Waals surface area contributed by atoms with Gasteiger partial charge in [0, 0.05) is 30.1 Å². The number of aromatic nitrogens is 3. The molecule has 2 aromatic carbocycles. The number of imide groups is 1. The summed E-state index contributed by atoms with van der Waals surface area (Å²) >= 11 is 1.43. The lowest BCUT2D eigenvalue weighted by atomic mass is 10.1. The van der Waals surface area contributed by atoms with Gasteiger partial charge in [-0.2, -0.15) is 0 Å². The minimum absolute atomic E-state index is 0.201. The lowest BCUT2D eigenvalue weighted by molar-refractivity contribution is -0.115. The molecule has 33 heavy (non-hydrogen) atoms. The van der Waals surface area contributed by atoms with Gasteiger partial charge in [0.1, 0.15) is 0 Å². The molecule has 4 rings (SSSR count). The van der Waals surface area contributed by atoms with Crippen molar-refractivity contribution < 1.29 is 14.4 Å². The van der Waals surface area contributed by atoms with E-state index in [1.165, 1.54) is 23.9 Å². The number of fused-ring (bicyclic) bond motifs is 1. The fraction of sp³-hybridized carbons (Fsp3) is 0.174. The van der Waals surface area contributed by atoms with Crippen molar-refractivity contribution in [1.82, 2.24) is 20.1 Å². The molecule has 0 atom stereocenters. The number of thioether (sulfide) groups is 1. The predicted octanol–water partition coefficient (Wildman–Crippen LogP) is 3.08. The molecule has 0 bridgehead atoms. The fourth-order valence-corrected chi connectivity index (χ4v) is 4.21. The highest BCUT2D eigenvalue weighted by Gasteiger charge is 2.26. The van der Waals surface area contributed by atoms with Crippen molar-refractivity contribution in [1.29, 1.82) is 0 Å². The number of anilines is 2. The summed E-state index contributed by atoms with van der Waals surface area (Å²) in [5.41, 5.74) is 2.04. The molecule has 1 aromatic heterocycles. The van der Waals surface area contributed by atoms with Gasteiger partial charge in [0.15, 0.2) is 11.0 Å². The molecule has 3 amide bonds. The van der Waals surface area contributed by atoms with Crippen LogP contribution in [0.15, 0.2) is 66.3 Å². The Bertz CT molecular complexity index is 1210. The van der Waals surface area contributed by atoms with Gasteiger partial charge in [-0.15, -0.1) is 16.8 Å². The molecule has 0 saturated heterocycles. The molecule has 9 nitrogen and oxygen atoms in total. The quantitative estimate of drug-likeness (QED) is 0.241. The maximum atomic E-state index is 12.4. The second kappa shape index (κ2) is 10.1. The van der Waals surface area contributed by atoms with E-state index in [9.17, 15) is 14.4 Å². The van der Waals surface area contributed by atoms with Crippen molar-refractivity contribution in [2.45, 2.75) is 24.7 Å². The number of para-hydroxylation sites is 1. The summed E-state index contributed by atoms with van der Waals surface area (Å²) in [4.78, 5) is 35.8. The molecule has 1 aliphatic heterocycles. The molecule has 0 saturated carbocycles. The standard InChI is InChI=1S/C23H22N6O3S/c1-2-11-29-19(14-24-15-6-4-3-5-7-15)27-28-23(29)33-12-10-20(30)25-16-8-9-17-18(13-16)22(32)26-21(17)31/h2-9,13,24H,1,10-12,14H2,(H,25,30)(H,26,31,32). The molecular formula is C23H22N6O3S. The maximum absolute atomic E-state index is 12.4. The van der Waals surface area contributed by atoms with Crippen LogP contribution in [0.3, 0.4) is 0 Å². The molecule has 3 N–H and O–H groups in total. The zero-order valence-corrected chi connectivity index (χ0v) is 18.5. The van der Waals surface area contributed by atoms with Crippen molar-refractivity contribution in [3.63, 3.8) is 0 Å². The highest BCUT2D eigenvalue weighted by atomic mass is 32.2. The zero-order chi connectivity index (χ0) is 23.2. The van der Waals surface area contributed by atoms with Gasteiger partial charge < -0.3 is 15.2 Å². The summed E-state index contributed by atoms with van der Waals surface area (Å²) in [6, 6.07) is 14.5. The second-order valence-corrected chi connectivity index (χ2v) is 8.27. The first kappa shape index (κ1) is 22.3. The van der Waals surface area contributed by atoms with Crippen LogP contribution in [0.5, 0.6) is 0 Å². The van der Waals surface area contributed by atoms with Gasteiger partial charge in [0.25, 0.3) is 11.8 Å². The Labute approximate surface area is 194 Å². The van der Waals surface area contributed by atoms with Crippen LogP contribution in [-0.4, -0.2) is 38.2 Å². The van der Waals surface area contributed by atoms with Crippen molar-refractivity contribution >= 4 is 40.9 Å². The zero-order valence-electron chi connectivity index (χ0n) is 17.7. The van der Waals surface area contributed by atoms with Crippen LogP contribution >= 0.6 is 11.8 Å². The van der Waals surface area contributed by atoms with Gasteiger partial charge in [0.2, 0.25) is 5.91 Å². The summed E-state index contributed by atoms with van der Waals surface area (Å²) in [5, 5.41) is 17.6. The number of nitrogens with one attached hydrogen (secondary N) is 3. The third kappa shape index (κ3) is 5.29. The van der Waals surface area contributed by atoms with Crippen molar-refractivity contribution in [2.75, 3.05) is 16.4 Å². The van der Waals surface area contributed by atoms with Crippen LogP contribution in [0, 0.1) is 0 Å². The summed E-state index contributed by atoms with van der Waals surface area (Å²) in [6.07, 6.45) is 2.02. The third-order valence-electron chi connectivity index (χ3n) is 4.91. The lowest BCUT2D eigenvalue weighted by Gasteiger charge is -2.09. The van der Waals surface area contributed by atoms with Gasteiger partial charge >= 0.3 is 0 Å². The van der Waals surface area contributed by atoms with Gasteiger partial charge in [-0.3, -0.25) is 19.7 Å². The Morgan fingerprint density at radius 2 is 1.85 bits per heavy atom. The Hall–Kier alpha value is -3.92. The Kier molecular flexibility index (Phi) is 6.84. The molecule has 10 heteroatoms. The number of allylic oxidation sites excluding steroid dienone is 1. The van der Waals surface area contributed by atoms with Crippen LogP contribution in [0.1, 0.15) is 33.0 Å². The van der Waals surface area contributed by atoms with E-state index in [0.717, 1.165) is 11.5 Å². The van der Waals surface area contributed by atoms with E-state index in [1.54, 1.807) is 12.1 Å². The summed E-state index contributed by atoms with van der Waals surface area (Å²) < 4.78 is 1.96. The molecule has 0 spiro atoms. The highest BCUT2D eigenvalue weighted by Crippen LogP contribution is 2.22. The largest absolute Gasteiger partial charge is 0.378 e. The summed E-state index contributed by atoms with van der Waals surface area (Å²) in [5.74, 6) is 0.188. The number of hydrogen-bond acceptors (Lipinski definition) is 7. The second-order valence-electron chi connectivity index (χ2n) is 7.21. The molecule has 0 unspecified atom stereocenters. The van der Waals surface area contributed by atoms with Gasteiger partial charge in [-0.05, 0) is 30.3 Å². The monoisotopic (exact) mass is 462 g/mol. The normalized spacial score (nSPS) is 12.2. The van der Waals surface area contributed by atoms with Crippen LogP contribution in [0.25, 0.3) is 0 Å². The Balaban J connectivity index is 1.31. The number of carbonyl (C=O) groups is 3. The Morgan fingerprint density at radius 1 is 1.06 bits per heavy atom. The van der Waals surface area contributed by atoms with Crippen molar-refractivity contribution in [3.8, 4) is 0 Å². The van der Waals surface area contributed by atoms with E-state index >= 15 is 0 Å². The molecule has 168 valence electrons. The van der Waals surface area contributed by atoms with Crippen molar-refractivity contribution in [3.05, 3.63) is 78.1 Å². The van der Waals surface area contributed by atoms with E-state index in [0.29, 0.717) is 35.2 Å². The number of benzene rings is 2. The number of amides is 3. The minimum Gasteiger partial charge on any atom is -0.378 e. The third-order valence-corrected chi connectivity index (χ3v) is 5.88. The topological polar surface area (TPSA) is 118 Å². The number of nitrogens with zero attached hydrogens (tertiary/aromatic N) is 3. The smallest absolute Gasteiger partial charge is 0.259 e. The first-order chi connectivity index (χ1) is 16.0. The predicted molar refractivity (Wildman–Crippen MR) is 126 cm³/mol. The van der Waals surface area contributed by atoms with E-state index in [-0.39, 0.29) is 17.9 Å². The maximum Gasteiger partial charge on any atom is 0.259 e. The first-order valence-corrected chi connectivity index (χ1v) is 11.3. The number of carbonyl (C=O) groups excluding carboxylic acids is 3. The van der Waals surface area contributed by atoms with Crippen LogP contribution in [-0.2, 0) is 17.9 Å². The molecule has 0 fully saturated rings. The van der Waals surface area contributed by atoms with E-state index in [4.69, 9.17) is 0 Å². The van der Waals surface area contributed by atoms with E-state index < -0.39 is 11.8 Å². The Morgan fingerprint density at radius 3 is 2.64 bits per heavy atom. The van der Waals surface area contributed by atoms with Crippen LogP contribution < -0.4 is 16.0 Å². The number of rotatable bonds is 10. The summed E-state index contributed by atoms with van der Waals surface area (Å²) in [6.45, 7) is 4.88. The van der Waals surface area contributed by atoms with E-state index in [1.807, 2.05) is 34.9 Å². The highest BCUT2D eigenvalue weighted by molar-refractivity contribution is 7.99. The molecule has 1 aliphatic rings. The van der Waals surface area contributed by atoms with E-state index in [2.05, 4.69) is 32.7 Å². The molecular weight excluding hydrogens is 440 g/mol. The van der Waals surface area contributed by atoms with Gasteiger partial charge in [-0.1, -0.05) is 36.0 Å². The first-order valence-electron chi connectivity index (χ1n) is 10.3. The molecule has 0 radical (unpaired) electrons. The average Bonchev–Trinajstić information content (AvgIpc) is 3.32. The van der Waals surface area contributed by atoms with Crippen LogP contribution in [0.4, 0.5) is 11.4 Å². The van der Waals surface area contributed by atoms with Gasteiger partial charge in [0.05, 0.1) is 17.7 Å². The molecule has 2 heterocycles. The fourth-order valence-electron chi connectivity index (χ4n) is 3.31. The number of hydrogen-bond donors (Lipinski definition) is 3. The molecule has 3 aromatic rings.